The summed E-state index contributed by atoms with van der Waals surface area (Å²) in [6.07, 6.45) is 0. The first-order valence-electron chi connectivity index (χ1n) is 15.4. The molecule has 2 heterocycles. The molecule has 6 rings (SSSR count). The van der Waals surface area contributed by atoms with E-state index in [-0.39, 0.29) is 0 Å². The highest BCUT2D eigenvalue weighted by atomic mass is 19.5. The van der Waals surface area contributed by atoms with E-state index in [9.17, 15) is 34.5 Å². The highest BCUT2D eigenvalue weighted by Crippen LogP contribution is 2.37. The van der Waals surface area contributed by atoms with Crippen LogP contribution in [-0.2, 0) is 0 Å². The third-order valence-electron chi connectivity index (χ3n) is 7.26. The Balaban J connectivity index is 0.000000496. The van der Waals surface area contributed by atoms with E-state index in [2.05, 4.69) is 149 Å². The van der Waals surface area contributed by atoms with Crippen LogP contribution in [0.5, 0.6) is 0 Å². The summed E-state index contributed by atoms with van der Waals surface area (Å²) in [7, 11) is -12.0. The van der Waals surface area contributed by atoms with Gasteiger partial charge in [0.1, 0.15) is 0 Å². The Labute approximate surface area is 285 Å². The first kappa shape index (κ1) is 37.6. The molecule has 0 saturated carbocycles. The topological polar surface area (TPSA) is 22.6 Å². The molecule has 0 atom stereocenters. The van der Waals surface area contributed by atoms with E-state index in [1.807, 2.05) is 0 Å². The van der Waals surface area contributed by atoms with Crippen LogP contribution in [0.4, 0.5) is 34.5 Å². The highest BCUT2D eigenvalue weighted by molar-refractivity contribution is 6.50. The van der Waals surface area contributed by atoms with Crippen LogP contribution in [0, 0.1) is 27.7 Å². The molecule has 0 fully saturated rings. The molecular formula is C38H32B2F8O2. The third kappa shape index (κ3) is 12.0. The predicted octanol–water partition coefficient (Wildman–Crippen LogP) is 13.6. The Bertz CT molecular complexity index is 1720. The number of hydrogen-bond acceptors (Lipinski definition) is 0. The van der Waals surface area contributed by atoms with Crippen LogP contribution in [0.3, 0.4) is 0 Å². The van der Waals surface area contributed by atoms with E-state index in [4.69, 9.17) is 8.83 Å². The Kier molecular flexibility index (Phi) is 12.0. The molecule has 0 unspecified atom stereocenters. The van der Waals surface area contributed by atoms with Gasteiger partial charge in [-0.15, -0.1) is 0 Å². The summed E-state index contributed by atoms with van der Waals surface area (Å²) in [6, 6.07) is 42.4. The van der Waals surface area contributed by atoms with Crippen molar-refractivity contribution in [1.29, 1.82) is 0 Å². The van der Waals surface area contributed by atoms with Crippen LogP contribution >= 0.6 is 0 Å². The second-order valence-electron chi connectivity index (χ2n) is 11.6. The smallest absolute Gasteiger partial charge is 0.418 e. The molecule has 0 spiro atoms. The normalized spacial score (nSPS) is 11.2. The molecule has 4 aromatic carbocycles. The zero-order valence-electron chi connectivity index (χ0n) is 27.5. The zero-order valence-corrected chi connectivity index (χ0v) is 27.5. The molecule has 0 bridgehead atoms. The molecule has 0 radical (unpaired) electrons. The number of aryl methyl sites for hydroxylation is 4. The van der Waals surface area contributed by atoms with Crippen LogP contribution in [-0.4, -0.2) is 14.5 Å². The maximum absolute atomic E-state index is 9.75. The van der Waals surface area contributed by atoms with E-state index >= 15 is 0 Å². The fraction of sp³-hybridized carbons (Fsp3) is 0.105. The highest BCUT2D eigenvalue weighted by Gasteiger charge is 2.25. The van der Waals surface area contributed by atoms with Gasteiger partial charge in [-0.2, -0.15) is 0 Å². The lowest BCUT2D eigenvalue weighted by Gasteiger charge is -2.04. The molecule has 6 aromatic rings. The van der Waals surface area contributed by atoms with Gasteiger partial charge in [-0.3, -0.25) is 0 Å². The fourth-order valence-corrected chi connectivity index (χ4v) is 4.78. The largest absolute Gasteiger partial charge is 0.673 e. The zero-order chi connectivity index (χ0) is 36.6. The molecule has 12 heteroatoms. The summed E-state index contributed by atoms with van der Waals surface area (Å²) in [4.78, 5) is 0. The second-order valence-corrected chi connectivity index (χ2v) is 11.6. The monoisotopic (exact) mass is 694 g/mol. The van der Waals surface area contributed by atoms with Crippen molar-refractivity contribution in [3.8, 4) is 56.4 Å². The average Bonchev–Trinajstić information content (AvgIpc) is 3.04. The van der Waals surface area contributed by atoms with Crippen molar-refractivity contribution >= 4 is 14.5 Å². The third-order valence-corrected chi connectivity index (χ3v) is 7.26. The maximum Gasteiger partial charge on any atom is 0.673 e. The minimum atomic E-state index is -6.00. The maximum atomic E-state index is 9.75. The number of hydrogen-bond donors (Lipinski definition) is 0. The van der Waals surface area contributed by atoms with Crippen molar-refractivity contribution in [2.45, 2.75) is 27.7 Å². The molecule has 0 saturated heterocycles. The van der Waals surface area contributed by atoms with E-state index in [0.717, 1.165) is 56.4 Å². The van der Waals surface area contributed by atoms with Crippen molar-refractivity contribution in [1.82, 2.24) is 0 Å². The standard InChI is InChI=1S/C38H32O2.2BF4/c1-25-5-13-29(14-6-25)35-21-33(22-36(39-35)30-15-7-26(2)8-16-30)34-23-37(31-17-9-27(3)10-18-31)40-38(24-34)32-19-11-28(4)12-20-32;2*2-1(3,4)5/h5-24H,1-4H3;;/q+2;2*-1. The van der Waals surface area contributed by atoms with Crippen LogP contribution in [0.2, 0.25) is 0 Å². The Morgan fingerprint density at radius 2 is 0.460 bits per heavy atom. The number of rotatable bonds is 5. The van der Waals surface area contributed by atoms with E-state index < -0.39 is 14.5 Å². The molecule has 258 valence electrons. The van der Waals surface area contributed by atoms with Gasteiger partial charge in [0.15, 0.2) is 0 Å². The molecule has 0 amide bonds. The van der Waals surface area contributed by atoms with Gasteiger partial charge in [-0.25, -0.2) is 8.83 Å². The summed E-state index contributed by atoms with van der Waals surface area (Å²) in [5.74, 6) is 3.29. The molecule has 0 N–H and O–H groups in total. The van der Waals surface area contributed by atoms with Crippen LogP contribution < -0.4 is 0 Å². The van der Waals surface area contributed by atoms with E-state index in [1.165, 1.54) is 22.3 Å². The quantitative estimate of drug-likeness (QED) is 0.102. The SMILES string of the molecule is Cc1ccc(-c2cc(-c3cc(-c4ccc(C)cc4)[o+]c(-c4ccc(C)cc4)c3)cc(-c3ccc(C)cc3)[o+]2)cc1.F[B-](F)(F)F.F[B-](F)(F)F. The van der Waals surface area contributed by atoms with Crippen LogP contribution in [0.15, 0.2) is 130 Å². The van der Waals surface area contributed by atoms with Gasteiger partial charge in [-0.1, -0.05) is 70.8 Å². The lowest BCUT2D eigenvalue weighted by atomic mass is 9.98. The number of benzene rings is 4. The van der Waals surface area contributed by atoms with Crippen molar-refractivity contribution in [3.05, 3.63) is 144 Å². The van der Waals surface area contributed by atoms with Gasteiger partial charge in [0, 0.05) is 11.1 Å². The van der Waals surface area contributed by atoms with Crippen molar-refractivity contribution in [2.24, 2.45) is 0 Å². The molecule has 50 heavy (non-hydrogen) atoms. The van der Waals surface area contributed by atoms with E-state index in [1.54, 1.807) is 0 Å². The van der Waals surface area contributed by atoms with Gasteiger partial charge in [0.05, 0.1) is 46.5 Å². The summed E-state index contributed by atoms with van der Waals surface area (Å²) in [5, 5.41) is 0. The second kappa shape index (κ2) is 16.0. The summed E-state index contributed by atoms with van der Waals surface area (Å²) >= 11 is 0. The van der Waals surface area contributed by atoms with Gasteiger partial charge < -0.3 is 34.5 Å². The molecular weight excluding hydrogens is 662 g/mol. The Hall–Kier alpha value is -5.25. The van der Waals surface area contributed by atoms with E-state index in [0.29, 0.717) is 0 Å². The lowest BCUT2D eigenvalue weighted by Crippen LogP contribution is -2.02. The van der Waals surface area contributed by atoms with Crippen molar-refractivity contribution < 1.29 is 43.4 Å². The average molecular weight is 694 g/mol. The Morgan fingerprint density at radius 3 is 0.620 bits per heavy atom. The molecule has 2 nitrogen and oxygen atoms in total. The minimum Gasteiger partial charge on any atom is -0.418 e. The Morgan fingerprint density at radius 1 is 0.300 bits per heavy atom. The first-order valence-corrected chi connectivity index (χ1v) is 15.4. The van der Waals surface area contributed by atoms with Gasteiger partial charge >= 0.3 is 37.5 Å². The molecule has 2 aromatic heterocycles. The number of halogens is 8. The summed E-state index contributed by atoms with van der Waals surface area (Å²) in [5.41, 5.74) is 11.2. The van der Waals surface area contributed by atoms with Gasteiger partial charge in [0.25, 0.3) is 0 Å². The van der Waals surface area contributed by atoms with Crippen LogP contribution in [0.1, 0.15) is 22.3 Å². The summed E-state index contributed by atoms with van der Waals surface area (Å²) < 4.78 is 91.0. The van der Waals surface area contributed by atoms with Crippen LogP contribution in [0.25, 0.3) is 56.4 Å². The van der Waals surface area contributed by atoms with Crippen molar-refractivity contribution in [2.75, 3.05) is 0 Å². The fourth-order valence-electron chi connectivity index (χ4n) is 4.78. The predicted molar refractivity (Wildman–Crippen MR) is 186 cm³/mol. The van der Waals surface area contributed by atoms with Gasteiger partial charge in [-0.05, 0) is 76.2 Å². The lowest BCUT2D eigenvalue weighted by molar-refractivity contribution is 0.366. The summed E-state index contributed by atoms with van der Waals surface area (Å²) in [6.45, 7) is 8.40. The molecule has 0 aliphatic heterocycles. The van der Waals surface area contributed by atoms with Gasteiger partial charge in [0.2, 0.25) is 0 Å². The minimum absolute atomic E-state index is 0.822. The molecule has 0 aliphatic rings. The van der Waals surface area contributed by atoms with Crippen molar-refractivity contribution in [3.63, 3.8) is 0 Å². The molecule has 0 aliphatic carbocycles. The first-order chi connectivity index (χ1) is 23.4.